The van der Waals surface area contributed by atoms with Gasteiger partial charge in [-0.05, 0) is 12.1 Å². The number of hydrogen-bond acceptors (Lipinski definition) is 4. The Bertz CT molecular complexity index is 271. The van der Waals surface area contributed by atoms with Crippen molar-refractivity contribution in [2.45, 2.75) is 6.54 Å². The van der Waals surface area contributed by atoms with Crippen molar-refractivity contribution in [2.24, 2.45) is 0 Å². The van der Waals surface area contributed by atoms with Gasteiger partial charge in [0.2, 0.25) is 5.91 Å². The zero-order valence-electron chi connectivity index (χ0n) is 8.69. The monoisotopic (exact) mass is 213 g/mol. The van der Waals surface area contributed by atoms with Crippen molar-refractivity contribution in [3.05, 3.63) is 24.2 Å². The number of ether oxygens (including phenoxy) is 2. The first-order chi connectivity index (χ1) is 7.33. The lowest BCUT2D eigenvalue weighted by Gasteiger charge is -2.04. The Labute approximate surface area is 88.4 Å². The Morgan fingerprint density at radius 2 is 2.40 bits per heavy atom. The third-order valence-electron chi connectivity index (χ3n) is 1.70. The molecule has 0 aliphatic rings. The van der Waals surface area contributed by atoms with E-state index in [1.165, 1.54) is 0 Å². The van der Waals surface area contributed by atoms with Gasteiger partial charge in [-0.25, -0.2) is 0 Å². The zero-order valence-corrected chi connectivity index (χ0v) is 8.69. The fourth-order valence-corrected chi connectivity index (χ4v) is 0.957. The molecule has 1 heterocycles. The molecular weight excluding hydrogens is 198 g/mol. The Balaban J connectivity index is 2.04. The highest BCUT2D eigenvalue weighted by molar-refractivity contribution is 5.77. The number of methoxy groups -OCH3 is 1. The van der Waals surface area contributed by atoms with Crippen LogP contribution in [0.15, 0.2) is 22.8 Å². The predicted octanol–water partition coefficient (Wildman–Crippen LogP) is 0.559. The highest BCUT2D eigenvalue weighted by Gasteiger charge is 2.02. The van der Waals surface area contributed by atoms with Gasteiger partial charge in [0, 0.05) is 7.11 Å². The van der Waals surface area contributed by atoms with E-state index in [1.54, 1.807) is 25.5 Å². The normalized spacial score (nSPS) is 10.2. The SMILES string of the molecule is COCCOCC(=O)NCc1ccco1. The van der Waals surface area contributed by atoms with Crippen LogP contribution in [0.25, 0.3) is 0 Å². The molecule has 0 saturated carbocycles. The van der Waals surface area contributed by atoms with E-state index >= 15 is 0 Å². The summed E-state index contributed by atoms with van der Waals surface area (Å²) < 4.78 is 14.9. The molecule has 0 bridgehead atoms. The minimum absolute atomic E-state index is 0.0457. The Morgan fingerprint density at radius 1 is 1.53 bits per heavy atom. The smallest absolute Gasteiger partial charge is 0.246 e. The third-order valence-corrected chi connectivity index (χ3v) is 1.70. The Hall–Kier alpha value is -1.33. The molecule has 5 nitrogen and oxygen atoms in total. The number of hydrogen-bond donors (Lipinski definition) is 1. The van der Waals surface area contributed by atoms with Crippen molar-refractivity contribution < 1.29 is 18.7 Å². The molecule has 15 heavy (non-hydrogen) atoms. The summed E-state index contributed by atoms with van der Waals surface area (Å²) in [4.78, 5) is 11.2. The Morgan fingerprint density at radius 3 is 3.07 bits per heavy atom. The van der Waals surface area contributed by atoms with Gasteiger partial charge in [-0.15, -0.1) is 0 Å². The number of furan rings is 1. The van der Waals surface area contributed by atoms with E-state index in [-0.39, 0.29) is 12.5 Å². The van der Waals surface area contributed by atoms with E-state index in [9.17, 15) is 4.79 Å². The van der Waals surface area contributed by atoms with Crippen LogP contribution in [0.4, 0.5) is 0 Å². The maximum Gasteiger partial charge on any atom is 0.246 e. The highest BCUT2D eigenvalue weighted by Crippen LogP contribution is 1.98. The first-order valence-electron chi connectivity index (χ1n) is 4.68. The second-order valence-electron chi connectivity index (χ2n) is 2.90. The van der Waals surface area contributed by atoms with E-state index in [0.29, 0.717) is 19.8 Å². The van der Waals surface area contributed by atoms with Gasteiger partial charge in [0.15, 0.2) is 0 Å². The topological polar surface area (TPSA) is 60.7 Å². The molecule has 0 aromatic carbocycles. The van der Waals surface area contributed by atoms with Crippen molar-refractivity contribution in [1.82, 2.24) is 5.32 Å². The average Bonchev–Trinajstić information content (AvgIpc) is 2.74. The molecule has 0 aliphatic carbocycles. The van der Waals surface area contributed by atoms with Gasteiger partial charge < -0.3 is 19.2 Å². The van der Waals surface area contributed by atoms with Crippen LogP contribution in [0, 0.1) is 0 Å². The van der Waals surface area contributed by atoms with Gasteiger partial charge in [0.25, 0.3) is 0 Å². The first-order valence-corrected chi connectivity index (χ1v) is 4.68. The predicted molar refractivity (Wildman–Crippen MR) is 53.2 cm³/mol. The van der Waals surface area contributed by atoms with Crippen LogP contribution in [0.1, 0.15) is 5.76 Å². The molecule has 1 N–H and O–H groups in total. The van der Waals surface area contributed by atoms with Crippen molar-refractivity contribution in [1.29, 1.82) is 0 Å². The number of amides is 1. The minimum atomic E-state index is -0.164. The van der Waals surface area contributed by atoms with Crippen LogP contribution in [0.2, 0.25) is 0 Å². The second kappa shape index (κ2) is 7.03. The lowest BCUT2D eigenvalue weighted by atomic mass is 10.4. The van der Waals surface area contributed by atoms with Gasteiger partial charge in [0.1, 0.15) is 12.4 Å². The minimum Gasteiger partial charge on any atom is -0.467 e. The number of carbonyl (C=O) groups excluding carboxylic acids is 1. The molecule has 1 aromatic heterocycles. The van der Waals surface area contributed by atoms with E-state index in [4.69, 9.17) is 13.9 Å². The summed E-state index contributed by atoms with van der Waals surface area (Å²) in [5.74, 6) is 0.558. The molecule has 0 unspecified atom stereocenters. The van der Waals surface area contributed by atoms with Crippen LogP contribution in [0.3, 0.4) is 0 Å². The zero-order chi connectivity index (χ0) is 10.9. The van der Waals surface area contributed by atoms with E-state index in [2.05, 4.69) is 5.32 Å². The van der Waals surface area contributed by atoms with Crippen LogP contribution in [-0.2, 0) is 20.8 Å². The van der Waals surface area contributed by atoms with Crippen molar-refractivity contribution >= 4 is 5.91 Å². The first kappa shape index (κ1) is 11.7. The summed E-state index contributed by atoms with van der Waals surface area (Å²) in [6.45, 7) is 1.35. The fourth-order valence-electron chi connectivity index (χ4n) is 0.957. The molecule has 1 amide bonds. The Kier molecular flexibility index (Phi) is 5.50. The molecule has 0 saturated heterocycles. The lowest BCUT2D eigenvalue weighted by Crippen LogP contribution is -2.27. The summed E-state index contributed by atoms with van der Waals surface area (Å²) in [5, 5.41) is 2.66. The number of nitrogens with one attached hydrogen (secondary N) is 1. The highest BCUT2D eigenvalue weighted by atomic mass is 16.5. The van der Waals surface area contributed by atoms with Crippen LogP contribution < -0.4 is 5.32 Å². The maximum absolute atomic E-state index is 11.2. The van der Waals surface area contributed by atoms with Crippen molar-refractivity contribution in [3.8, 4) is 0 Å². The van der Waals surface area contributed by atoms with Gasteiger partial charge in [-0.1, -0.05) is 0 Å². The molecule has 0 atom stereocenters. The summed E-state index contributed by atoms with van der Waals surface area (Å²) in [6, 6.07) is 3.57. The summed E-state index contributed by atoms with van der Waals surface area (Å²) in [6.07, 6.45) is 1.57. The van der Waals surface area contributed by atoms with Gasteiger partial charge in [-0.2, -0.15) is 0 Å². The number of carbonyl (C=O) groups is 1. The van der Waals surface area contributed by atoms with E-state index in [0.717, 1.165) is 5.76 Å². The molecule has 0 radical (unpaired) electrons. The van der Waals surface area contributed by atoms with Gasteiger partial charge >= 0.3 is 0 Å². The van der Waals surface area contributed by atoms with Crippen molar-refractivity contribution in [2.75, 3.05) is 26.9 Å². The molecular formula is C10H15NO4. The quantitative estimate of drug-likeness (QED) is 0.672. The molecule has 1 rings (SSSR count). The summed E-state index contributed by atoms with van der Waals surface area (Å²) in [7, 11) is 1.58. The van der Waals surface area contributed by atoms with Gasteiger partial charge in [-0.3, -0.25) is 4.79 Å². The van der Waals surface area contributed by atoms with Crippen LogP contribution >= 0.6 is 0 Å². The van der Waals surface area contributed by atoms with Gasteiger partial charge in [0.05, 0.1) is 26.0 Å². The molecule has 5 heteroatoms. The molecule has 0 spiro atoms. The standard InChI is InChI=1S/C10H15NO4/c1-13-5-6-14-8-10(12)11-7-9-3-2-4-15-9/h2-4H,5-8H2,1H3,(H,11,12). The van der Waals surface area contributed by atoms with E-state index in [1.807, 2.05) is 0 Å². The summed E-state index contributed by atoms with van der Waals surface area (Å²) >= 11 is 0. The average molecular weight is 213 g/mol. The third kappa shape index (κ3) is 5.19. The summed E-state index contributed by atoms with van der Waals surface area (Å²) in [5.41, 5.74) is 0. The second-order valence-corrected chi connectivity index (χ2v) is 2.90. The molecule has 1 aromatic rings. The largest absolute Gasteiger partial charge is 0.467 e. The fraction of sp³-hybridized carbons (Fsp3) is 0.500. The lowest BCUT2D eigenvalue weighted by molar-refractivity contribution is -0.126. The van der Waals surface area contributed by atoms with Crippen molar-refractivity contribution in [3.63, 3.8) is 0 Å². The number of rotatable bonds is 7. The maximum atomic E-state index is 11.2. The van der Waals surface area contributed by atoms with Crippen LogP contribution in [0.5, 0.6) is 0 Å². The van der Waals surface area contributed by atoms with E-state index < -0.39 is 0 Å². The van der Waals surface area contributed by atoms with Crippen LogP contribution in [-0.4, -0.2) is 32.8 Å². The molecule has 0 aliphatic heterocycles. The molecule has 0 fully saturated rings. The molecule has 84 valence electrons.